The van der Waals surface area contributed by atoms with Gasteiger partial charge in [-0.05, 0) is 37.1 Å². The van der Waals surface area contributed by atoms with Crippen LogP contribution in [0.5, 0.6) is 11.5 Å². The molecule has 4 rings (SSSR count). The lowest BCUT2D eigenvalue weighted by Gasteiger charge is -2.53. The number of hydrogen-bond acceptors (Lipinski definition) is 5. The molecule has 1 unspecified atom stereocenters. The highest BCUT2D eigenvalue weighted by Crippen LogP contribution is 2.56. The minimum atomic E-state index is -0.360. The predicted octanol–water partition coefficient (Wildman–Crippen LogP) is 1.68. The molecule has 2 aliphatic carbocycles. The van der Waals surface area contributed by atoms with Gasteiger partial charge in [-0.2, -0.15) is 0 Å². The van der Waals surface area contributed by atoms with E-state index < -0.39 is 0 Å². The molecule has 1 saturated heterocycles. The molecule has 2 N–H and O–H groups in total. The fourth-order valence-electron chi connectivity index (χ4n) is 4.77. The average molecular weight is 315 g/mol. The van der Waals surface area contributed by atoms with Crippen LogP contribution in [-0.2, 0) is 21.4 Å². The lowest BCUT2D eigenvalue weighted by molar-refractivity contribution is -0.122. The quantitative estimate of drug-likeness (QED) is 0.869. The number of benzene rings is 1. The van der Waals surface area contributed by atoms with Crippen LogP contribution >= 0.6 is 0 Å². The standard InChI is InChI=1S/C18H21NO4/c1-22-14-4-3-10-7-12-11-8-15(23-2)13(20)9-18(11,5-6-19-12)16(10)17(14)21/h3-4,8,11-12,19,21H,5-7,9H2,1-2H3/t11?,12-,18+/m1/s1. The zero-order valence-electron chi connectivity index (χ0n) is 13.4. The first-order chi connectivity index (χ1) is 11.1. The van der Waals surface area contributed by atoms with E-state index in [9.17, 15) is 9.90 Å². The number of phenolic OH excluding ortho intramolecular Hbond substituents is 1. The van der Waals surface area contributed by atoms with Gasteiger partial charge in [-0.1, -0.05) is 6.07 Å². The molecule has 23 heavy (non-hydrogen) atoms. The second kappa shape index (κ2) is 4.99. The maximum absolute atomic E-state index is 12.5. The molecule has 2 bridgehead atoms. The lowest BCUT2D eigenvalue weighted by atomic mass is 9.54. The van der Waals surface area contributed by atoms with Crippen LogP contribution in [0.4, 0.5) is 0 Å². The van der Waals surface area contributed by atoms with Gasteiger partial charge in [0.05, 0.1) is 14.2 Å². The number of rotatable bonds is 2. The van der Waals surface area contributed by atoms with Crippen LogP contribution in [0.1, 0.15) is 24.0 Å². The molecule has 0 saturated carbocycles. The fourth-order valence-corrected chi connectivity index (χ4v) is 4.77. The lowest BCUT2D eigenvalue weighted by Crippen LogP contribution is -2.60. The van der Waals surface area contributed by atoms with Crippen LogP contribution in [0, 0.1) is 5.92 Å². The molecule has 122 valence electrons. The van der Waals surface area contributed by atoms with Crippen molar-refractivity contribution in [2.45, 2.75) is 30.7 Å². The highest BCUT2D eigenvalue weighted by molar-refractivity contribution is 5.96. The summed E-state index contributed by atoms with van der Waals surface area (Å²) in [6.07, 6.45) is 4.00. The van der Waals surface area contributed by atoms with Gasteiger partial charge < -0.3 is 19.9 Å². The van der Waals surface area contributed by atoms with Crippen molar-refractivity contribution in [1.29, 1.82) is 0 Å². The van der Waals surface area contributed by atoms with Crippen molar-refractivity contribution >= 4 is 5.78 Å². The molecule has 1 heterocycles. The third-order valence-corrected chi connectivity index (χ3v) is 5.74. The Bertz CT molecular complexity index is 711. The van der Waals surface area contributed by atoms with E-state index in [2.05, 4.69) is 5.32 Å². The number of hydrogen-bond donors (Lipinski definition) is 2. The first-order valence-corrected chi connectivity index (χ1v) is 8.02. The highest BCUT2D eigenvalue weighted by Gasteiger charge is 2.55. The van der Waals surface area contributed by atoms with Crippen molar-refractivity contribution in [3.8, 4) is 11.5 Å². The summed E-state index contributed by atoms with van der Waals surface area (Å²) >= 11 is 0. The Hall–Kier alpha value is -2.01. The van der Waals surface area contributed by atoms with Crippen molar-refractivity contribution in [2.75, 3.05) is 20.8 Å². The molecule has 1 aromatic rings. The van der Waals surface area contributed by atoms with E-state index in [1.54, 1.807) is 14.2 Å². The minimum Gasteiger partial charge on any atom is -0.504 e. The molecule has 3 aliphatic rings. The number of allylic oxidation sites excluding steroid dienone is 1. The van der Waals surface area contributed by atoms with E-state index in [0.29, 0.717) is 17.9 Å². The topological polar surface area (TPSA) is 67.8 Å². The molecule has 0 spiro atoms. The number of carbonyl (C=O) groups excluding carboxylic acids is 1. The third-order valence-electron chi connectivity index (χ3n) is 5.74. The Labute approximate surface area is 135 Å². The molecule has 0 radical (unpaired) electrons. The normalized spacial score (nSPS) is 31.7. The highest BCUT2D eigenvalue weighted by atomic mass is 16.5. The number of ether oxygens (including phenoxy) is 2. The van der Waals surface area contributed by atoms with Crippen LogP contribution in [-0.4, -0.2) is 37.7 Å². The summed E-state index contributed by atoms with van der Waals surface area (Å²) < 4.78 is 10.6. The number of Topliss-reactive ketones (excluding diaryl/α,β-unsaturated/α-hetero) is 1. The van der Waals surface area contributed by atoms with Crippen molar-refractivity contribution in [1.82, 2.24) is 5.32 Å². The van der Waals surface area contributed by atoms with E-state index >= 15 is 0 Å². The van der Waals surface area contributed by atoms with Crippen LogP contribution in [0.25, 0.3) is 0 Å². The SMILES string of the molecule is COC1=CC2[C@H]3Cc4ccc(OC)c(O)c4[C@@]2(CCN3)CC1=O. The Morgan fingerprint density at radius 2 is 2.13 bits per heavy atom. The van der Waals surface area contributed by atoms with E-state index in [0.717, 1.165) is 30.5 Å². The van der Waals surface area contributed by atoms with Crippen LogP contribution < -0.4 is 10.1 Å². The number of ketones is 1. The summed E-state index contributed by atoms with van der Waals surface area (Å²) in [5.74, 6) is 1.28. The molecule has 5 nitrogen and oxygen atoms in total. The van der Waals surface area contributed by atoms with Crippen molar-refractivity contribution in [2.24, 2.45) is 5.92 Å². The second-order valence-electron chi connectivity index (χ2n) is 6.68. The number of piperidine rings is 1. The molecular weight excluding hydrogens is 294 g/mol. The van der Waals surface area contributed by atoms with E-state index in [1.165, 1.54) is 0 Å². The van der Waals surface area contributed by atoms with Gasteiger partial charge in [-0.15, -0.1) is 0 Å². The summed E-state index contributed by atoms with van der Waals surface area (Å²) in [6.45, 7) is 0.848. The summed E-state index contributed by atoms with van der Waals surface area (Å²) in [5.41, 5.74) is 1.65. The number of carbonyl (C=O) groups is 1. The summed E-state index contributed by atoms with van der Waals surface area (Å²) in [5, 5.41) is 14.3. The number of phenols is 1. The second-order valence-corrected chi connectivity index (χ2v) is 6.68. The van der Waals surface area contributed by atoms with Gasteiger partial charge in [-0.25, -0.2) is 0 Å². The Balaban J connectivity index is 1.96. The molecule has 5 heteroatoms. The summed E-state index contributed by atoms with van der Waals surface area (Å²) in [7, 11) is 3.10. The molecule has 3 atom stereocenters. The zero-order valence-corrected chi connectivity index (χ0v) is 13.4. The zero-order chi connectivity index (χ0) is 16.2. The first kappa shape index (κ1) is 14.6. The van der Waals surface area contributed by atoms with Crippen LogP contribution in [0.3, 0.4) is 0 Å². The number of nitrogens with one attached hydrogen (secondary N) is 1. The summed E-state index contributed by atoms with van der Waals surface area (Å²) in [4.78, 5) is 12.5. The van der Waals surface area contributed by atoms with E-state index in [-0.39, 0.29) is 28.9 Å². The molecule has 0 amide bonds. The molecular formula is C18H21NO4. The Morgan fingerprint density at radius 3 is 2.87 bits per heavy atom. The van der Waals surface area contributed by atoms with Gasteiger partial charge in [0.25, 0.3) is 0 Å². The third kappa shape index (κ3) is 1.86. The van der Waals surface area contributed by atoms with Gasteiger partial charge in [-0.3, -0.25) is 4.79 Å². The monoisotopic (exact) mass is 315 g/mol. The Kier molecular flexibility index (Phi) is 3.17. The number of aromatic hydroxyl groups is 1. The fraction of sp³-hybridized carbons (Fsp3) is 0.500. The average Bonchev–Trinajstić information content (AvgIpc) is 2.53. The maximum atomic E-state index is 12.5. The van der Waals surface area contributed by atoms with Crippen LogP contribution in [0.2, 0.25) is 0 Å². The van der Waals surface area contributed by atoms with Gasteiger partial charge in [0.1, 0.15) is 0 Å². The molecule has 1 aliphatic heterocycles. The maximum Gasteiger partial charge on any atom is 0.197 e. The van der Waals surface area contributed by atoms with Crippen molar-refractivity contribution < 1.29 is 19.4 Å². The largest absolute Gasteiger partial charge is 0.504 e. The smallest absolute Gasteiger partial charge is 0.197 e. The number of fused-ring (bicyclic) bond motifs is 1. The Morgan fingerprint density at radius 1 is 1.30 bits per heavy atom. The van der Waals surface area contributed by atoms with Gasteiger partial charge in [0, 0.05) is 29.4 Å². The van der Waals surface area contributed by atoms with Gasteiger partial charge in [0.2, 0.25) is 0 Å². The predicted molar refractivity (Wildman–Crippen MR) is 84.7 cm³/mol. The number of methoxy groups -OCH3 is 2. The minimum absolute atomic E-state index is 0.0134. The van der Waals surface area contributed by atoms with E-state index in [4.69, 9.17) is 9.47 Å². The first-order valence-electron chi connectivity index (χ1n) is 8.02. The van der Waals surface area contributed by atoms with Crippen LogP contribution in [0.15, 0.2) is 24.0 Å². The summed E-state index contributed by atoms with van der Waals surface area (Å²) in [6, 6.07) is 4.09. The van der Waals surface area contributed by atoms with Crippen molar-refractivity contribution in [3.63, 3.8) is 0 Å². The molecule has 1 aromatic carbocycles. The van der Waals surface area contributed by atoms with E-state index in [1.807, 2.05) is 18.2 Å². The van der Waals surface area contributed by atoms with Gasteiger partial charge >= 0.3 is 0 Å². The molecule has 0 aromatic heterocycles. The molecule has 1 fully saturated rings. The van der Waals surface area contributed by atoms with Gasteiger partial charge in [0.15, 0.2) is 23.0 Å². The van der Waals surface area contributed by atoms with Crippen molar-refractivity contribution in [3.05, 3.63) is 35.1 Å².